The van der Waals surface area contributed by atoms with Crippen molar-refractivity contribution < 1.29 is 24.2 Å². The van der Waals surface area contributed by atoms with Crippen LogP contribution in [-0.4, -0.2) is 34.4 Å². The first-order valence-electron chi connectivity index (χ1n) is 7.86. The van der Waals surface area contributed by atoms with E-state index in [1.165, 1.54) is 12.1 Å². The molecule has 0 aromatic heterocycles. The predicted octanol–water partition coefficient (Wildman–Crippen LogP) is 3.17. The molecule has 1 aromatic rings. The van der Waals surface area contributed by atoms with Gasteiger partial charge >= 0.3 is 12.1 Å². The summed E-state index contributed by atoms with van der Waals surface area (Å²) in [6.45, 7) is 10.5. The van der Waals surface area contributed by atoms with Crippen molar-refractivity contribution in [3.8, 4) is 5.75 Å². The predicted molar refractivity (Wildman–Crippen MR) is 90.8 cm³/mol. The van der Waals surface area contributed by atoms with E-state index in [9.17, 15) is 14.7 Å². The average Bonchev–Trinajstić information content (AvgIpc) is 2.33. The highest BCUT2D eigenvalue weighted by molar-refractivity contribution is 5.82. The molecule has 0 fully saturated rings. The van der Waals surface area contributed by atoms with Gasteiger partial charge in [0.25, 0.3) is 0 Å². The molecule has 0 aliphatic carbocycles. The lowest BCUT2D eigenvalue weighted by Gasteiger charge is -2.26. The molecule has 6 nitrogen and oxygen atoms in total. The molecule has 2 N–H and O–H groups in total. The molecule has 1 rings (SSSR count). The number of aromatic hydroxyl groups is 1. The van der Waals surface area contributed by atoms with Crippen LogP contribution in [0, 0.1) is 0 Å². The van der Waals surface area contributed by atoms with Gasteiger partial charge in [0.2, 0.25) is 0 Å². The molecule has 24 heavy (non-hydrogen) atoms. The zero-order valence-electron chi connectivity index (χ0n) is 15.2. The van der Waals surface area contributed by atoms with E-state index in [1.54, 1.807) is 53.7 Å². The van der Waals surface area contributed by atoms with E-state index in [4.69, 9.17) is 9.47 Å². The molecule has 0 saturated heterocycles. The lowest BCUT2D eigenvalue weighted by atomic mass is 10.1. The Hall–Kier alpha value is -2.24. The first-order valence-corrected chi connectivity index (χ1v) is 7.86. The van der Waals surface area contributed by atoms with Crippen LogP contribution in [0.3, 0.4) is 0 Å². The first-order chi connectivity index (χ1) is 10.9. The summed E-state index contributed by atoms with van der Waals surface area (Å²) in [6, 6.07) is 5.58. The topological polar surface area (TPSA) is 84.9 Å². The molecule has 0 radical (unpaired) electrons. The molecule has 0 saturated carbocycles. The van der Waals surface area contributed by atoms with Crippen LogP contribution in [0.5, 0.6) is 5.75 Å². The van der Waals surface area contributed by atoms with Crippen molar-refractivity contribution in [3.63, 3.8) is 0 Å². The van der Waals surface area contributed by atoms with E-state index in [0.717, 1.165) is 0 Å². The SMILES string of the molecule is CC(C)(C)OC(=O)NC(Cc1cccc(O)c1)C(=O)OC(C)(C)C. The van der Waals surface area contributed by atoms with Gasteiger partial charge in [-0.3, -0.25) is 0 Å². The van der Waals surface area contributed by atoms with Crippen molar-refractivity contribution in [2.45, 2.75) is 65.2 Å². The minimum atomic E-state index is -0.916. The third-order valence-corrected chi connectivity index (χ3v) is 2.73. The quantitative estimate of drug-likeness (QED) is 0.824. The minimum Gasteiger partial charge on any atom is -0.508 e. The van der Waals surface area contributed by atoms with Crippen molar-refractivity contribution in [1.82, 2.24) is 5.32 Å². The number of rotatable bonds is 4. The molecule has 1 atom stereocenters. The molecule has 0 heterocycles. The normalized spacial score (nSPS) is 13.1. The molecule has 134 valence electrons. The number of hydrogen-bond acceptors (Lipinski definition) is 5. The van der Waals surface area contributed by atoms with Crippen LogP contribution in [0.1, 0.15) is 47.1 Å². The fourth-order valence-electron chi connectivity index (χ4n) is 1.94. The van der Waals surface area contributed by atoms with E-state index < -0.39 is 29.3 Å². The van der Waals surface area contributed by atoms with Gasteiger partial charge in [-0.25, -0.2) is 9.59 Å². The van der Waals surface area contributed by atoms with Gasteiger partial charge in [-0.05, 0) is 59.2 Å². The van der Waals surface area contributed by atoms with Crippen molar-refractivity contribution >= 4 is 12.1 Å². The van der Waals surface area contributed by atoms with E-state index in [2.05, 4.69) is 5.32 Å². The summed E-state index contributed by atoms with van der Waals surface area (Å²) in [5.74, 6) is -0.468. The van der Waals surface area contributed by atoms with Crippen molar-refractivity contribution in [1.29, 1.82) is 0 Å². The summed E-state index contributed by atoms with van der Waals surface area (Å²) in [7, 11) is 0. The second-order valence-electron chi connectivity index (χ2n) is 7.61. The van der Waals surface area contributed by atoms with Gasteiger partial charge < -0.3 is 19.9 Å². The maximum atomic E-state index is 12.4. The number of phenolic OH excluding ortho intramolecular Hbond substituents is 1. The van der Waals surface area contributed by atoms with E-state index in [1.807, 2.05) is 0 Å². The largest absolute Gasteiger partial charge is 0.508 e. The molecule has 1 aromatic carbocycles. The van der Waals surface area contributed by atoms with Crippen LogP contribution in [0.4, 0.5) is 4.79 Å². The number of hydrogen-bond donors (Lipinski definition) is 2. The Morgan fingerprint density at radius 3 is 2.17 bits per heavy atom. The summed E-state index contributed by atoms with van der Waals surface area (Å²) in [6.07, 6.45) is -0.513. The molecule has 0 spiro atoms. The van der Waals surface area contributed by atoms with Gasteiger partial charge in [-0.2, -0.15) is 0 Å². The summed E-state index contributed by atoms with van der Waals surface area (Å²) >= 11 is 0. The Balaban J connectivity index is 2.90. The van der Waals surface area contributed by atoms with Gasteiger partial charge in [0, 0.05) is 6.42 Å². The van der Waals surface area contributed by atoms with Gasteiger partial charge in [-0.1, -0.05) is 12.1 Å². The van der Waals surface area contributed by atoms with Crippen LogP contribution in [0.2, 0.25) is 0 Å². The summed E-state index contributed by atoms with van der Waals surface area (Å²) in [5.41, 5.74) is -0.654. The Morgan fingerprint density at radius 1 is 1.08 bits per heavy atom. The second-order valence-corrected chi connectivity index (χ2v) is 7.61. The number of ether oxygens (including phenoxy) is 2. The number of carbonyl (C=O) groups excluding carboxylic acids is 2. The fraction of sp³-hybridized carbons (Fsp3) is 0.556. The standard InChI is InChI=1S/C18H27NO5/c1-17(2,3)23-15(21)14(19-16(22)24-18(4,5)6)11-12-8-7-9-13(20)10-12/h7-10,14,20H,11H2,1-6H3,(H,19,22). The van der Waals surface area contributed by atoms with Crippen molar-refractivity contribution in [2.24, 2.45) is 0 Å². The number of esters is 1. The highest BCUT2D eigenvalue weighted by Gasteiger charge is 2.28. The molecular formula is C18H27NO5. The molecule has 0 aliphatic rings. The van der Waals surface area contributed by atoms with E-state index >= 15 is 0 Å². The number of carbonyl (C=O) groups is 2. The fourth-order valence-corrected chi connectivity index (χ4v) is 1.94. The summed E-state index contributed by atoms with van der Waals surface area (Å²) in [5, 5.41) is 12.1. The van der Waals surface area contributed by atoms with Crippen LogP contribution >= 0.6 is 0 Å². The maximum absolute atomic E-state index is 12.4. The lowest BCUT2D eigenvalue weighted by Crippen LogP contribution is -2.47. The average molecular weight is 337 g/mol. The van der Waals surface area contributed by atoms with Crippen molar-refractivity contribution in [3.05, 3.63) is 29.8 Å². The van der Waals surface area contributed by atoms with Crippen LogP contribution in [-0.2, 0) is 20.7 Å². The minimum absolute atomic E-state index is 0.0905. The van der Waals surface area contributed by atoms with E-state index in [0.29, 0.717) is 5.56 Å². The number of nitrogens with one attached hydrogen (secondary N) is 1. The molecule has 6 heteroatoms. The van der Waals surface area contributed by atoms with Crippen LogP contribution in [0.15, 0.2) is 24.3 Å². The third-order valence-electron chi connectivity index (χ3n) is 2.73. The smallest absolute Gasteiger partial charge is 0.408 e. The Bertz CT molecular complexity index is 584. The number of phenols is 1. The number of alkyl carbamates (subject to hydrolysis) is 1. The molecule has 0 aliphatic heterocycles. The summed E-state index contributed by atoms with van der Waals surface area (Å²) in [4.78, 5) is 24.4. The van der Waals surface area contributed by atoms with Gasteiger partial charge in [0.05, 0.1) is 0 Å². The second kappa shape index (κ2) is 7.55. The Kier molecular flexibility index (Phi) is 6.23. The lowest BCUT2D eigenvalue weighted by molar-refractivity contribution is -0.157. The number of benzene rings is 1. The van der Waals surface area contributed by atoms with Crippen LogP contribution in [0.25, 0.3) is 0 Å². The van der Waals surface area contributed by atoms with Gasteiger partial charge in [-0.15, -0.1) is 0 Å². The Morgan fingerprint density at radius 2 is 1.67 bits per heavy atom. The van der Waals surface area contributed by atoms with Gasteiger partial charge in [0.15, 0.2) is 0 Å². The molecule has 0 bridgehead atoms. The molecule has 1 unspecified atom stereocenters. The van der Waals surface area contributed by atoms with Gasteiger partial charge in [0.1, 0.15) is 23.0 Å². The zero-order valence-corrected chi connectivity index (χ0v) is 15.2. The highest BCUT2D eigenvalue weighted by Crippen LogP contribution is 2.16. The molecular weight excluding hydrogens is 310 g/mol. The number of amides is 1. The van der Waals surface area contributed by atoms with Crippen LogP contribution < -0.4 is 5.32 Å². The molecule has 1 amide bonds. The highest BCUT2D eigenvalue weighted by atomic mass is 16.6. The Labute approximate surface area is 143 Å². The van der Waals surface area contributed by atoms with Crippen molar-refractivity contribution in [2.75, 3.05) is 0 Å². The third kappa shape index (κ3) is 7.85. The maximum Gasteiger partial charge on any atom is 0.408 e. The first kappa shape index (κ1) is 19.8. The monoisotopic (exact) mass is 337 g/mol. The zero-order chi connectivity index (χ0) is 18.5. The van der Waals surface area contributed by atoms with E-state index in [-0.39, 0.29) is 12.2 Å². The summed E-state index contributed by atoms with van der Waals surface area (Å²) < 4.78 is 10.6.